The highest BCUT2D eigenvalue weighted by atomic mass is 19.4. The molecule has 0 aliphatic rings. The predicted molar refractivity (Wildman–Crippen MR) is 51.2 cm³/mol. The molecular formula is C9H17F3N2O. The van der Waals surface area contributed by atoms with Gasteiger partial charge in [-0.1, -0.05) is 0 Å². The van der Waals surface area contributed by atoms with Crippen LogP contribution in [0.15, 0.2) is 0 Å². The van der Waals surface area contributed by atoms with Gasteiger partial charge in [0.2, 0.25) is 5.91 Å². The Morgan fingerprint density at radius 3 is 2.20 bits per heavy atom. The molecule has 1 amide bonds. The fraction of sp³-hybridized carbons (Fsp3) is 0.889. The summed E-state index contributed by atoms with van der Waals surface area (Å²) in [6, 6.07) is -0.917. The summed E-state index contributed by atoms with van der Waals surface area (Å²) in [6.07, 6.45) is -5.27. The minimum Gasteiger partial charge on any atom is -0.353 e. The van der Waals surface area contributed by atoms with Crippen molar-refractivity contribution in [2.45, 2.75) is 51.4 Å². The lowest BCUT2D eigenvalue weighted by atomic mass is 10.0. The van der Waals surface area contributed by atoms with Crippen LogP contribution in [-0.2, 0) is 4.79 Å². The van der Waals surface area contributed by atoms with Crippen molar-refractivity contribution in [3.05, 3.63) is 0 Å². The Hall–Kier alpha value is -0.780. The molecule has 0 aliphatic carbocycles. The summed E-state index contributed by atoms with van der Waals surface area (Å²) in [4.78, 5) is 11.2. The van der Waals surface area contributed by atoms with Gasteiger partial charge >= 0.3 is 6.18 Å². The molecule has 0 aromatic rings. The van der Waals surface area contributed by atoms with E-state index < -0.39 is 30.1 Å². The number of carbonyl (C=O) groups excluding carboxylic acids is 1. The summed E-state index contributed by atoms with van der Waals surface area (Å²) < 4.78 is 35.8. The van der Waals surface area contributed by atoms with Gasteiger partial charge in [0.25, 0.3) is 0 Å². The Bertz CT molecular complexity index is 220. The maximum Gasteiger partial charge on any atom is 0.391 e. The smallest absolute Gasteiger partial charge is 0.353 e. The summed E-state index contributed by atoms with van der Waals surface area (Å²) in [5, 5.41) is 2.25. The van der Waals surface area contributed by atoms with Gasteiger partial charge in [-0.3, -0.25) is 4.79 Å². The number of nitrogens with two attached hydrogens (primary N) is 1. The second kappa shape index (κ2) is 4.83. The maximum absolute atomic E-state index is 11.9. The monoisotopic (exact) mass is 226 g/mol. The van der Waals surface area contributed by atoms with Crippen molar-refractivity contribution < 1.29 is 18.0 Å². The quantitative estimate of drug-likeness (QED) is 0.764. The molecule has 0 radical (unpaired) electrons. The lowest BCUT2D eigenvalue weighted by Gasteiger charge is -2.20. The number of nitrogens with one attached hydrogen (secondary N) is 1. The minimum absolute atomic E-state index is 0.00912. The Morgan fingerprint density at radius 2 is 1.87 bits per heavy atom. The average Bonchev–Trinajstić information content (AvgIpc) is 1.73. The molecule has 90 valence electrons. The molecule has 0 rings (SSSR count). The first-order valence-electron chi connectivity index (χ1n) is 4.64. The van der Waals surface area contributed by atoms with Crippen LogP contribution in [0.3, 0.4) is 0 Å². The van der Waals surface area contributed by atoms with Crippen LogP contribution in [0.1, 0.15) is 33.6 Å². The van der Waals surface area contributed by atoms with Gasteiger partial charge in [0.15, 0.2) is 0 Å². The summed E-state index contributed by atoms with van der Waals surface area (Å²) in [5.41, 5.74) is 4.85. The number of alkyl halides is 3. The third-order valence-corrected chi connectivity index (χ3v) is 1.56. The number of amides is 1. The Balaban J connectivity index is 3.98. The largest absolute Gasteiger partial charge is 0.391 e. The van der Waals surface area contributed by atoms with E-state index in [-0.39, 0.29) is 6.42 Å². The van der Waals surface area contributed by atoms with Crippen molar-refractivity contribution in [2.24, 2.45) is 5.73 Å². The molecule has 0 aromatic heterocycles. The molecule has 0 spiro atoms. The van der Waals surface area contributed by atoms with E-state index >= 15 is 0 Å². The Morgan fingerprint density at radius 1 is 1.40 bits per heavy atom. The molecular weight excluding hydrogens is 209 g/mol. The van der Waals surface area contributed by atoms with Gasteiger partial charge in [-0.25, -0.2) is 0 Å². The fourth-order valence-corrected chi connectivity index (χ4v) is 1.14. The van der Waals surface area contributed by atoms with Crippen LogP contribution in [0.25, 0.3) is 0 Å². The van der Waals surface area contributed by atoms with Crippen LogP contribution in [0.5, 0.6) is 0 Å². The van der Waals surface area contributed by atoms with Gasteiger partial charge in [0.05, 0.1) is 6.42 Å². The van der Waals surface area contributed by atoms with Crippen LogP contribution < -0.4 is 11.1 Å². The third kappa shape index (κ3) is 9.52. The Labute approximate surface area is 87.2 Å². The van der Waals surface area contributed by atoms with Crippen LogP contribution in [0.4, 0.5) is 13.2 Å². The molecule has 0 heterocycles. The lowest BCUT2D eigenvalue weighted by molar-refractivity contribution is -0.141. The van der Waals surface area contributed by atoms with Crippen LogP contribution in [-0.4, -0.2) is 23.7 Å². The zero-order valence-electron chi connectivity index (χ0n) is 9.11. The second-order valence-electron chi connectivity index (χ2n) is 4.45. The fourth-order valence-electron chi connectivity index (χ4n) is 1.14. The van der Waals surface area contributed by atoms with Gasteiger partial charge in [0.1, 0.15) is 0 Å². The van der Waals surface area contributed by atoms with E-state index in [4.69, 9.17) is 5.73 Å². The van der Waals surface area contributed by atoms with Gasteiger partial charge in [-0.15, -0.1) is 0 Å². The first-order chi connectivity index (χ1) is 6.49. The molecule has 0 fully saturated rings. The molecule has 0 saturated carbocycles. The lowest BCUT2D eigenvalue weighted by Crippen LogP contribution is -2.42. The third-order valence-electron chi connectivity index (χ3n) is 1.56. The van der Waals surface area contributed by atoms with Crippen molar-refractivity contribution in [3.63, 3.8) is 0 Å². The predicted octanol–water partition coefficient (Wildman–Crippen LogP) is 1.57. The highest BCUT2D eigenvalue weighted by Gasteiger charge is 2.30. The molecule has 15 heavy (non-hydrogen) atoms. The molecule has 3 nitrogen and oxygen atoms in total. The minimum atomic E-state index is -4.26. The highest BCUT2D eigenvalue weighted by molar-refractivity contribution is 5.77. The number of rotatable bonds is 4. The van der Waals surface area contributed by atoms with Crippen molar-refractivity contribution in [1.82, 2.24) is 5.32 Å². The molecule has 0 aliphatic heterocycles. The zero-order valence-corrected chi connectivity index (χ0v) is 9.11. The van der Waals surface area contributed by atoms with E-state index in [9.17, 15) is 18.0 Å². The summed E-state index contributed by atoms with van der Waals surface area (Å²) in [6.45, 7) is 4.59. The van der Waals surface area contributed by atoms with Gasteiger partial charge in [0, 0.05) is 18.0 Å². The summed E-state index contributed by atoms with van der Waals surface area (Å²) in [5.74, 6) is -0.459. The SMILES string of the molecule is CC(CC(F)(F)F)NC(=O)CC(C)(C)N. The first-order valence-corrected chi connectivity index (χ1v) is 4.64. The van der Waals surface area contributed by atoms with Crippen molar-refractivity contribution in [3.8, 4) is 0 Å². The number of halogens is 3. The number of hydrogen-bond acceptors (Lipinski definition) is 2. The molecule has 0 saturated heterocycles. The molecule has 1 atom stereocenters. The number of carbonyl (C=O) groups is 1. The first kappa shape index (κ1) is 14.2. The van der Waals surface area contributed by atoms with Crippen molar-refractivity contribution in [2.75, 3.05) is 0 Å². The molecule has 1 unspecified atom stereocenters. The van der Waals surface area contributed by atoms with Crippen LogP contribution >= 0.6 is 0 Å². The normalized spacial score (nSPS) is 14.9. The number of hydrogen-bond donors (Lipinski definition) is 2. The van der Waals surface area contributed by atoms with Crippen LogP contribution in [0, 0.1) is 0 Å². The van der Waals surface area contributed by atoms with E-state index in [2.05, 4.69) is 5.32 Å². The van der Waals surface area contributed by atoms with E-state index in [1.54, 1.807) is 13.8 Å². The van der Waals surface area contributed by atoms with E-state index in [1.807, 2.05) is 0 Å². The topological polar surface area (TPSA) is 55.1 Å². The van der Waals surface area contributed by atoms with Crippen molar-refractivity contribution in [1.29, 1.82) is 0 Å². The van der Waals surface area contributed by atoms with Crippen LogP contribution in [0.2, 0.25) is 0 Å². The Kier molecular flexibility index (Phi) is 4.58. The van der Waals surface area contributed by atoms with E-state index in [0.717, 1.165) is 0 Å². The standard InChI is InChI=1S/C9H17F3N2O/c1-6(4-9(10,11)12)14-7(15)5-8(2,3)13/h6H,4-5,13H2,1-3H3,(H,14,15). The highest BCUT2D eigenvalue weighted by Crippen LogP contribution is 2.21. The average molecular weight is 226 g/mol. The summed E-state index contributed by atoms with van der Waals surface area (Å²) >= 11 is 0. The van der Waals surface area contributed by atoms with Gasteiger partial charge < -0.3 is 11.1 Å². The van der Waals surface area contributed by atoms with Gasteiger partial charge in [-0.05, 0) is 20.8 Å². The second-order valence-corrected chi connectivity index (χ2v) is 4.45. The van der Waals surface area contributed by atoms with Crippen molar-refractivity contribution >= 4 is 5.91 Å². The maximum atomic E-state index is 11.9. The molecule has 3 N–H and O–H groups in total. The molecule has 0 bridgehead atoms. The van der Waals surface area contributed by atoms with E-state index in [0.29, 0.717) is 0 Å². The molecule has 0 aromatic carbocycles. The zero-order chi connectivity index (χ0) is 12.3. The molecule has 6 heteroatoms. The summed E-state index contributed by atoms with van der Waals surface area (Å²) in [7, 11) is 0. The van der Waals surface area contributed by atoms with E-state index in [1.165, 1.54) is 6.92 Å². The van der Waals surface area contributed by atoms with Gasteiger partial charge in [-0.2, -0.15) is 13.2 Å².